The second-order valence-electron chi connectivity index (χ2n) is 10.1. The largest absolute Gasteiger partial charge is 0.333 e. The number of hydrogen-bond acceptors (Lipinski definition) is 3. The molecule has 0 spiro atoms. The predicted octanol–water partition coefficient (Wildman–Crippen LogP) is 5.37. The number of unbranched alkanes of at least 4 members (excludes halogenated alkanes) is 1. The number of amides is 3. The Bertz CT molecular complexity index is 923. The number of rotatable bonds is 7. The molecule has 0 bridgehead atoms. The van der Waals surface area contributed by atoms with Gasteiger partial charge in [0.2, 0.25) is 5.91 Å². The molecule has 0 aliphatic rings. The van der Waals surface area contributed by atoms with Crippen LogP contribution in [0.4, 0.5) is 10.6 Å². The van der Waals surface area contributed by atoms with Crippen LogP contribution in [0.5, 0.6) is 0 Å². The molecule has 32 heavy (non-hydrogen) atoms. The van der Waals surface area contributed by atoms with E-state index in [1.54, 1.807) is 21.7 Å². The maximum atomic E-state index is 13.0. The Morgan fingerprint density at radius 1 is 1.09 bits per heavy atom. The lowest BCUT2D eigenvalue weighted by molar-refractivity contribution is -0.116. The van der Waals surface area contributed by atoms with E-state index in [9.17, 15) is 9.59 Å². The molecule has 3 amide bonds. The summed E-state index contributed by atoms with van der Waals surface area (Å²) in [5, 5.41) is 11.2. The summed E-state index contributed by atoms with van der Waals surface area (Å²) in [4.78, 5) is 27.2. The molecule has 0 saturated carbocycles. The Hall–Kier alpha value is -2.54. The van der Waals surface area contributed by atoms with Crippen molar-refractivity contribution < 1.29 is 9.59 Å². The Balaban J connectivity index is 2.27. The van der Waals surface area contributed by atoms with Crippen molar-refractivity contribution in [3.63, 3.8) is 0 Å². The number of benzene rings is 1. The SMILES string of the molecule is CCCCN(CC(=O)Nc1cc(C(C)(C)C)nn1-c1ccc(Cl)cc1)C(=O)NC(C)(C)C. The third kappa shape index (κ3) is 7.55. The second-order valence-corrected chi connectivity index (χ2v) is 10.5. The van der Waals surface area contributed by atoms with Gasteiger partial charge in [-0.2, -0.15) is 5.10 Å². The summed E-state index contributed by atoms with van der Waals surface area (Å²) in [6, 6.07) is 8.89. The zero-order valence-electron chi connectivity index (χ0n) is 20.3. The van der Waals surface area contributed by atoms with E-state index in [1.807, 2.05) is 39.0 Å². The first-order valence-electron chi connectivity index (χ1n) is 11.0. The standard InChI is InChI=1S/C24H36ClN5O2/c1-8-9-14-29(22(32)27-24(5,6)7)16-21(31)26-20-15-19(23(2,3)4)28-30(20)18-12-10-17(25)11-13-18/h10-13,15H,8-9,14,16H2,1-7H3,(H,26,31)(H,27,32). The van der Waals surface area contributed by atoms with E-state index < -0.39 is 0 Å². The quantitative estimate of drug-likeness (QED) is 0.581. The molecule has 0 radical (unpaired) electrons. The summed E-state index contributed by atoms with van der Waals surface area (Å²) in [7, 11) is 0. The first-order valence-corrected chi connectivity index (χ1v) is 11.4. The van der Waals surface area contributed by atoms with E-state index in [2.05, 4.69) is 38.3 Å². The van der Waals surface area contributed by atoms with Crippen molar-refractivity contribution in [1.82, 2.24) is 20.0 Å². The van der Waals surface area contributed by atoms with Gasteiger partial charge in [0.05, 0.1) is 11.4 Å². The lowest BCUT2D eigenvalue weighted by atomic mass is 9.92. The van der Waals surface area contributed by atoms with Crippen LogP contribution >= 0.6 is 11.6 Å². The van der Waals surface area contributed by atoms with Gasteiger partial charge in [0, 0.05) is 28.6 Å². The summed E-state index contributed by atoms with van der Waals surface area (Å²) in [5.74, 6) is 0.273. The lowest BCUT2D eigenvalue weighted by Gasteiger charge is -2.28. The zero-order chi connectivity index (χ0) is 24.1. The van der Waals surface area contributed by atoms with Crippen molar-refractivity contribution in [3.05, 3.63) is 41.0 Å². The van der Waals surface area contributed by atoms with Gasteiger partial charge >= 0.3 is 6.03 Å². The van der Waals surface area contributed by atoms with E-state index in [0.29, 0.717) is 17.4 Å². The van der Waals surface area contributed by atoms with Gasteiger partial charge in [0.15, 0.2) is 0 Å². The highest BCUT2D eigenvalue weighted by molar-refractivity contribution is 6.30. The van der Waals surface area contributed by atoms with Crippen LogP contribution in [0.1, 0.15) is 67.0 Å². The molecule has 0 saturated heterocycles. The van der Waals surface area contributed by atoms with Crippen molar-refractivity contribution in [2.45, 2.75) is 72.3 Å². The minimum absolute atomic E-state index is 0.0431. The van der Waals surface area contributed by atoms with Crippen LogP contribution in [-0.4, -0.2) is 45.2 Å². The molecule has 2 aromatic rings. The van der Waals surface area contributed by atoms with Crippen LogP contribution in [0.3, 0.4) is 0 Å². The van der Waals surface area contributed by atoms with E-state index in [0.717, 1.165) is 24.2 Å². The van der Waals surface area contributed by atoms with Crippen molar-refractivity contribution in [1.29, 1.82) is 0 Å². The van der Waals surface area contributed by atoms with Crippen molar-refractivity contribution >= 4 is 29.4 Å². The number of carbonyl (C=O) groups excluding carboxylic acids is 2. The number of halogens is 1. The maximum absolute atomic E-state index is 13.0. The van der Waals surface area contributed by atoms with Gasteiger partial charge in [-0.1, -0.05) is 45.7 Å². The van der Waals surface area contributed by atoms with Gasteiger partial charge < -0.3 is 15.5 Å². The lowest BCUT2D eigenvalue weighted by Crippen LogP contribution is -2.50. The molecule has 176 valence electrons. The average molecular weight is 462 g/mol. The van der Waals surface area contributed by atoms with Crippen LogP contribution < -0.4 is 10.6 Å². The van der Waals surface area contributed by atoms with E-state index >= 15 is 0 Å². The normalized spacial score (nSPS) is 11.9. The average Bonchev–Trinajstić information content (AvgIpc) is 3.08. The van der Waals surface area contributed by atoms with Gasteiger partial charge in [0.25, 0.3) is 0 Å². The van der Waals surface area contributed by atoms with Gasteiger partial charge in [-0.3, -0.25) is 4.79 Å². The van der Waals surface area contributed by atoms with Gasteiger partial charge in [-0.15, -0.1) is 0 Å². The Morgan fingerprint density at radius 2 is 1.72 bits per heavy atom. The molecule has 8 heteroatoms. The maximum Gasteiger partial charge on any atom is 0.318 e. The van der Waals surface area contributed by atoms with E-state index in [4.69, 9.17) is 16.7 Å². The summed E-state index contributed by atoms with van der Waals surface area (Å²) >= 11 is 6.03. The number of nitrogens with one attached hydrogen (secondary N) is 2. The number of anilines is 1. The number of hydrogen-bond donors (Lipinski definition) is 2. The molecule has 0 atom stereocenters. The number of carbonyl (C=O) groups is 2. The predicted molar refractivity (Wildman–Crippen MR) is 131 cm³/mol. The number of aromatic nitrogens is 2. The highest BCUT2D eigenvalue weighted by Crippen LogP contribution is 2.27. The van der Waals surface area contributed by atoms with E-state index in [1.165, 1.54) is 0 Å². The Morgan fingerprint density at radius 3 is 2.25 bits per heavy atom. The van der Waals surface area contributed by atoms with E-state index in [-0.39, 0.29) is 29.4 Å². The molecule has 0 aliphatic carbocycles. The molecule has 0 fully saturated rings. The zero-order valence-corrected chi connectivity index (χ0v) is 21.0. The highest BCUT2D eigenvalue weighted by atomic mass is 35.5. The third-order valence-corrected chi connectivity index (χ3v) is 4.95. The van der Waals surface area contributed by atoms with Gasteiger partial charge in [0.1, 0.15) is 12.4 Å². The summed E-state index contributed by atoms with van der Waals surface area (Å²) in [5.41, 5.74) is 1.05. The Kier molecular flexibility index (Phi) is 8.35. The molecule has 2 N–H and O–H groups in total. The van der Waals surface area contributed by atoms with Crippen LogP contribution in [0, 0.1) is 0 Å². The van der Waals surface area contributed by atoms with Crippen molar-refractivity contribution in [2.24, 2.45) is 0 Å². The minimum Gasteiger partial charge on any atom is -0.333 e. The Labute approximate surface area is 196 Å². The van der Waals surface area contributed by atoms with Crippen LogP contribution in [0.25, 0.3) is 5.69 Å². The van der Waals surface area contributed by atoms with Crippen LogP contribution in [-0.2, 0) is 10.2 Å². The third-order valence-electron chi connectivity index (χ3n) is 4.70. The first-order chi connectivity index (χ1) is 14.8. The summed E-state index contributed by atoms with van der Waals surface area (Å²) < 4.78 is 1.69. The number of urea groups is 1. The smallest absolute Gasteiger partial charge is 0.318 e. The first kappa shape index (κ1) is 25.7. The molecule has 1 heterocycles. The molecule has 0 aliphatic heterocycles. The molecule has 7 nitrogen and oxygen atoms in total. The molecule has 0 unspecified atom stereocenters. The highest BCUT2D eigenvalue weighted by Gasteiger charge is 2.24. The second kappa shape index (κ2) is 10.4. The topological polar surface area (TPSA) is 79.3 Å². The molecular formula is C24H36ClN5O2. The number of nitrogens with zero attached hydrogens (tertiary/aromatic N) is 3. The fraction of sp³-hybridized carbons (Fsp3) is 0.542. The molecule has 1 aromatic carbocycles. The van der Waals surface area contributed by atoms with Crippen LogP contribution in [0.15, 0.2) is 30.3 Å². The summed E-state index contributed by atoms with van der Waals surface area (Å²) in [6.07, 6.45) is 1.75. The van der Waals surface area contributed by atoms with Crippen molar-refractivity contribution in [2.75, 3.05) is 18.4 Å². The molecule has 2 rings (SSSR count). The van der Waals surface area contributed by atoms with Crippen LogP contribution in [0.2, 0.25) is 5.02 Å². The van der Waals surface area contributed by atoms with Gasteiger partial charge in [-0.05, 0) is 51.5 Å². The van der Waals surface area contributed by atoms with Gasteiger partial charge in [-0.25, -0.2) is 9.48 Å². The minimum atomic E-state index is -0.382. The molecule has 1 aromatic heterocycles. The molecular weight excluding hydrogens is 426 g/mol. The fourth-order valence-corrected chi connectivity index (χ4v) is 3.10. The fourth-order valence-electron chi connectivity index (χ4n) is 2.97. The summed E-state index contributed by atoms with van der Waals surface area (Å²) in [6.45, 7) is 14.5. The van der Waals surface area contributed by atoms with Crippen molar-refractivity contribution in [3.8, 4) is 5.69 Å². The monoisotopic (exact) mass is 461 g/mol.